The molecule has 0 fully saturated rings. The molecule has 3 heteroatoms. The molecular weight excluding hydrogens is 534 g/mol. The number of hydrogen-bond donors (Lipinski definition) is 0. The van der Waals surface area contributed by atoms with Crippen molar-refractivity contribution in [1.29, 1.82) is 0 Å². The molecule has 0 saturated carbocycles. The Morgan fingerprint density at radius 1 is 0.364 bits per heavy atom. The molecule has 0 aliphatic heterocycles. The number of aromatic nitrogens is 3. The zero-order chi connectivity index (χ0) is 29.0. The third kappa shape index (κ3) is 3.73. The maximum atomic E-state index is 5.40. The van der Waals surface area contributed by atoms with Gasteiger partial charge >= 0.3 is 0 Å². The highest BCUT2D eigenvalue weighted by atomic mass is 15.0. The topological polar surface area (TPSA) is 22.8 Å². The van der Waals surface area contributed by atoms with Gasteiger partial charge in [-0.3, -0.25) is 4.57 Å². The molecule has 44 heavy (non-hydrogen) atoms. The Balaban J connectivity index is 1.28. The first-order valence-corrected chi connectivity index (χ1v) is 15.0. The van der Waals surface area contributed by atoms with Gasteiger partial charge in [0.15, 0.2) is 0 Å². The van der Waals surface area contributed by atoms with Crippen molar-refractivity contribution in [3.05, 3.63) is 164 Å². The predicted molar refractivity (Wildman–Crippen MR) is 184 cm³/mol. The first-order valence-electron chi connectivity index (χ1n) is 15.0. The van der Waals surface area contributed by atoms with Crippen LogP contribution in [-0.2, 0) is 0 Å². The number of fused-ring (bicyclic) bond motifs is 6. The van der Waals surface area contributed by atoms with E-state index in [2.05, 4.69) is 173 Å². The summed E-state index contributed by atoms with van der Waals surface area (Å²) in [6, 6.07) is 58.2. The van der Waals surface area contributed by atoms with E-state index >= 15 is 0 Å². The molecule has 6 aromatic carbocycles. The van der Waals surface area contributed by atoms with Gasteiger partial charge in [0.1, 0.15) is 5.65 Å². The number of nitrogens with zero attached hydrogens (tertiary/aromatic N) is 3. The van der Waals surface area contributed by atoms with Gasteiger partial charge < -0.3 is 4.57 Å². The van der Waals surface area contributed by atoms with Crippen molar-refractivity contribution in [1.82, 2.24) is 14.1 Å². The molecule has 206 valence electrons. The lowest BCUT2D eigenvalue weighted by Crippen LogP contribution is -1.96. The zero-order valence-electron chi connectivity index (χ0n) is 23.9. The smallest absolute Gasteiger partial charge is 0.146 e. The van der Waals surface area contributed by atoms with E-state index in [1.807, 2.05) is 0 Å². The molecule has 0 radical (unpaired) electrons. The molecule has 0 bridgehead atoms. The second-order valence-electron chi connectivity index (χ2n) is 11.2. The summed E-state index contributed by atoms with van der Waals surface area (Å²) in [7, 11) is 0. The van der Waals surface area contributed by atoms with Crippen LogP contribution in [0.2, 0.25) is 0 Å². The molecule has 3 aromatic heterocycles. The highest BCUT2D eigenvalue weighted by molar-refractivity contribution is 6.16. The van der Waals surface area contributed by atoms with E-state index in [1.165, 1.54) is 38.3 Å². The van der Waals surface area contributed by atoms with Gasteiger partial charge in [-0.1, -0.05) is 109 Å². The highest BCUT2D eigenvalue weighted by Gasteiger charge is 2.19. The van der Waals surface area contributed by atoms with Crippen LogP contribution in [0, 0.1) is 0 Å². The highest BCUT2D eigenvalue weighted by Crippen LogP contribution is 2.39. The van der Waals surface area contributed by atoms with Crippen molar-refractivity contribution < 1.29 is 0 Å². The van der Waals surface area contributed by atoms with E-state index in [4.69, 9.17) is 4.98 Å². The minimum atomic E-state index is 0.963. The first kappa shape index (κ1) is 24.6. The van der Waals surface area contributed by atoms with Gasteiger partial charge in [-0.2, -0.15) is 0 Å². The average Bonchev–Trinajstić information content (AvgIpc) is 3.62. The average molecular weight is 562 g/mol. The second-order valence-corrected chi connectivity index (χ2v) is 11.2. The maximum Gasteiger partial charge on any atom is 0.146 e. The Morgan fingerprint density at radius 2 is 0.955 bits per heavy atom. The van der Waals surface area contributed by atoms with E-state index in [9.17, 15) is 0 Å². The summed E-state index contributed by atoms with van der Waals surface area (Å²) in [6.45, 7) is 0. The lowest BCUT2D eigenvalue weighted by molar-refractivity contribution is 1.14. The molecule has 0 N–H and O–H groups in total. The van der Waals surface area contributed by atoms with E-state index in [-0.39, 0.29) is 0 Å². The summed E-state index contributed by atoms with van der Waals surface area (Å²) >= 11 is 0. The van der Waals surface area contributed by atoms with Crippen LogP contribution < -0.4 is 0 Å². The van der Waals surface area contributed by atoms with Gasteiger partial charge in [-0.05, 0) is 65.7 Å². The molecule has 3 heterocycles. The standard InChI is InChI=1S/C41H27N3/c1-3-12-28(13-4-1)29-22-24-31(25-23-29)43-38-20-10-8-17-35(38)40-34(18-11-21-39(40)43)36-27-26-33-32-16-7-9-19-37(32)44(41(33)42-36)30-14-5-2-6-15-30/h1-27H. The number of benzene rings is 6. The Kier molecular flexibility index (Phi) is 5.50. The molecule has 9 aromatic rings. The van der Waals surface area contributed by atoms with Crippen molar-refractivity contribution in [3.63, 3.8) is 0 Å². The molecule has 0 unspecified atom stereocenters. The van der Waals surface area contributed by atoms with Crippen LogP contribution in [0.5, 0.6) is 0 Å². The molecule has 0 spiro atoms. The number of pyridine rings is 1. The zero-order valence-corrected chi connectivity index (χ0v) is 23.9. The van der Waals surface area contributed by atoms with Gasteiger partial charge in [0, 0.05) is 38.5 Å². The van der Waals surface area contributed by atoms with Gasteiger partial charge in [0.25, 0.3) is 0 Å². The fraction of sp³-hybridized carbons (Fsp3) is 0. The van der Waals surface area contributed by atoms with Gasteiger partial charge in [-0.25, -0.2) is 4.98 Å². The molecule has 0 aliphatic carbocycles. The van der Waals surface area contributed by atoms with Crippen LogP contribution in [-0.4, -0.2) is 14.1 Å². The number of para-hydroxylation sites is 3. The van der Waals surface area contributed by atoms with Crippen LogP contribution in [0.3, 0.4) is 0 Å². The minimum absolute atomic E-state index is 0.963. The summed E-state index contributed by atoms with van der Waals surface area (Å²) in [5.74, 6) is 0. The van der Waals surface area contributed by atoms with Gasteiger partial charge in [0.2, 0.25) is 0 Å². The fourth-order valence-corrected chi connectivity index (χ4v) is 6.77. The predicted octanol–water partition coefficient (Wildman–Crippen LogP) is 10.6. The molecular formula is C41H27N3. The fourth-order valence-electron chi connectivity index (χ4n) is 6.77. The van der Waals surface area contributed by atoms with Crippen molar-refractivity contribution in [3.8, 4) is 33.8 Å². The summed E-state index contributed by atoms with van der Waals surface area (Å²) in [4.78, 5) is 5.40. The van der Waals surface area contributed by atoms with Crippen molar-refractivity contribution in [2.45, 2.75) is 0 Å². The normalized spacial score (nSPS) is 11.6. The lowest BCUT2D eigenvalue weighted by atomic mass is 10.0. The molecule has 0 saturated heterocycles. The summed E-state index contributed by atoms with van der Waals surface area (Å²) in [6.07, 6.45) is 0. The molecule has 0 aliphatic rings. The number of hydrogen-bond acceptors (Lipinski definition) is 1. The monoisotopic (exact) mass is 561 g/mol. The lowest BCUT2D eigenvalue weighted by Gasteiger charge is -2.10. The number of rotatable bonds is 4. The van der Waals surface area contributed by atoms with E-state index in [1.54, 1.807) is 0 Å². The Labute approximate surface area is 254 Å². The summed E-state index contributed by atoms with van der Waals surface area (Å²) < 4.78 is 4.66. The summed E-state index contributed by atoms with van der Waals surface area (Å²) in [5, 5.41) is 4.79. The molecule has 9 rings (SSSR count). The molecule has 0 atom stereocenters. The van der Waals surface area contributed by atoms with Crippen molar-refractivity contribution >= 4 is 43.7 Å². The largest absolute Gasteiger partial charge is 0.309 e. The van der Waals surface area contributed by atoms with Gasteiger partial charge in [0.05, 0.1) is 22.2 Å². The van der Waals surface area contributed by atoms with Crippen LogP contribution in [0.1, 0.15) is 0 Å². The Morgan fingerprint density at radius 3 is 1.73 bits per heavy atom. The molecule has 3 nitrogen and oxygen atoms in total. The van der Waals surface area contributed by atoms with E-state index in [0.29, 0.717) is 0 Å². The van der Waals surface area contributed by atoms with Crippen molar-refractivity contribution in [2.75, 3.05) is 0 Å². The SMILES string of the molecule is c1ccc(-c2ccc(-n3c4ccccc4c4c(-c5ccc6c7ccccc7n(-c7ccccc7)c6n5)cccc43)cc2)cc1. The van der Waals surface area contributed by atoms with E-state index in [0.717, 1.165) is 39.2 Å². The summed E-state index contributed by atoms with van der Waals surface area (Å²) in [5.41, 5.74) is 11.2. The Hall–Kier alpha value is -5.93. The minimum Gasteiger partial charge on any atom is -0.309 e. The van der Waals surface area contributed by atoms with Crippen LogP contribution in [0.25, 0.3) is 77.5 Å². The molecule has 0 amide bonds. The van der Waals surface area contributed by atoms with Gasteiger partial charge in [-0.15, -0.1) is 0 Å². The van der Waals surface area contributed by atoms with Crippen LogP contribution in [0.15, 0.2) is 164 Å². The van der Waals surface area contributed by atoms with Crippen molar-refractivity contribution in [2.24, 2.45) is 0 Å². The van der Waals surface area contributed by atoms with Crippen LogP contribution >= 0.6 is 0 Å². The van der Waals surface area contributed by atoms with Crippen LogP contribution in [0.4, 0.5) is 0 Å². The maximum absolute atomic E-state index is 5.40. The first-order chi connectivity index (χ1) is 21.8. The third-order valence-electron chi connectivity index (χ3n) is 8.74. The second kappa shape index (κ2) is 9.82. The Bertz CT molecular complexity index is 2470. The van der Waals surface area contributed by atoms with E-state index < -0.39 is 0 Å². The third-order valence-corrected chi connectivity index (χ3v) is 8.74. The quantitative estimate of drug-likeness (QED) is 0.210.